The summed E-state index contributed by atoms with van der Waals surface area (Å²) in [5, 5.41) is 12.7. The monoisotopic (exact) mass is 461 g/mol. The lowest BCUT2D eigenvalue weighted by Gasteiger charge is -2.41. The van der Waals surface area contributed by atoms with Gasteiger partial charge in [-0.2, -0.15) is 10.2 Å². The molecular weight excluding hydrogens is 430 g/mol. The first-order chi connectivity index (χ1) is 16.4. The van der Waals surface area contributed by atoms with Crippen molar-refractivity contribution in [1.29, 1.82) is 5.26 Å². The van der Waals surface area contributed by atoms with E-state index in [-0.39, 0.29) is 17.8 Å². The summed E-state index contributed by atoms with van der Waals surface area (Å²) >= 11 is 0. The molecule has 34 heavy (non-hydrogen) atoms. The number of nitrogens with one attached hydrogen (secondary N) is 1. The number of pyridine rings is 1. The fraction of sp³-hybridized carbons (Fsp3) is 0.360. The molecule has 0 atom stereocenters. The van der Waals surface area contributed by atoms with Crippen LogP contribution >= 0.6 is 0 Å². The summed E-state index contributed by atoms with van der Waals surface area (Å²) in [6, 6.07) is 15.4. The van der Waals surface area contributed by atoms with Gasteiger partial charge < -0.3 is 26.4 Å². The molecular formula is C25H31N7O2. The molecule has 9 heteroatoms. The first-order valence-electron chi connectivity index (χ1n) is 11.3. The van der Waals surface area contributed by atoms with E-state index >= 15 is 0 Å². The molecule has 2 heterocycles. The van der Waals surface area contributed by atoms with Crippen molar-refractivity contribution in [3.05, 3.63) is 59.8 Å². The van der Waals surface area contributed by atoms with Crippen LogP contribution in [0.3, 0.4) is 0 Å². The Morgan fingerprint density at radius 2 is 1.97 bits per heavy atom. The van der Waals surface area contributed by atoms with Crippen LogP contribution in [0.4, 0.5) is 11.5 Å². The number of rotatable bonds is 9. The van der Waals surface area contributed by atoms with Crippen molar-refractivity contribution in [1.82, 2.24) is 10.3 Å². The number of piperidine rings is 1. The van der Waals surface area contributed by atoms with E-state index in [1.54, 1.807) is 0 Å². The molecule has 0 spiro atoms. The van der Waals surface area contributed by atoms with Gasteiger partial charge in [-0.25, -0.2) is 4.99 Å². The molecule has 0 aliphatic carbocycles. The molecule has 3 rings (SSSR count). The Morgan fingerprint density at radius 1 is 1.26 bits per heavy atom. The van der Waals surface area contributed by atoms with Crippen LogP contribution in [-0.2, 0) is 4.79 Å². The van der Waals surface area contributed by atoms with E-state index in [4.69, 9.17) is 16.2 Å². The zero-order chi connectivity index (χ0) is 24.6. The Labute approximate surface area is 200 Å². The van der Waals surface area contributed by atoms with Gasteiger partial charge in [-0.3, -0.25) is 4.79 Å². The molecule has 0 bridgehead atoms. The maximum atomic E-state index is 12.1. The summed E-state index contributed by atoms with van der Waals surface area (Å²) in [6.07, 6.45) is 3.10. The molecule has 1 aromatic heterocycles. The van der Waals surface area contributed by atoms with Gasteiger partial charge in [0.1, 0.15) is 11.7 Å². The first-order valence-corrected chi connectivity index (χ1v) is 11.3. The highest BCUT2D eigenvalue weighted by atomic mass is 16.5. The van der Waals surface area contributed by atoms with Crippen LogP contribution in [0.1, 0.15) is 31.7 Å². The molecule has 0 unspecified atom stereocenters. The lowest BCUT2D eigenvalue weighted by Crippen LogP contribution is -2.52. The van der Waals surface area contributed by atoms with Gasteiger partial charge in [-0.05, 0) is 44.9 Å². The van der Waals surface area contributed by atoms with Gasteiger partial charge in [0.15, 0.2) is 0 Å². The second-order valence-electron chi connectivity index (χ2n) is 8.27. The minimum absolute atomic E-state index is 0.0188. The number of amides is 1. The Kier molecular flexibility index (Phi) is 8.09. The van der Waals surface area contributed by atoms with Crippen molar-refractivity contribution in [2.75, 3.05) is 24.6 Å². The number of hydrogen-bond acceptors (Lipinski definition) is 7. The van der Waals surface area contributed by atoms with Gasteiger partial charge in [-0.1, -0.05) is 23.8 Å². The quantitative estimate of drug-likeness (QED) is 0.296. The van der Waals surface area contributed by atoms with Gasteiger partial charge in [0, 0.05) is 25.4 Å². The second-order valence-corrected chi connectivity index (χ2v) is 8.27. The third-order valence-corrected chi connectivity index (χ3v) is 5.81. The van der Waals surface area contributed by atoms with Crippen LogP contribution in [-0.4, -0.2) is 42.0 Å². The van der Waals surface area contributed by atoms with Crippen LogP contribution in [0.2, 0.25) is 0 Å². The summed E-state index contributed by atoms with van der Waals surface area (Å²) in [7, 11) is 0. The average Bonchev–Trinajstić information content (AvgIpc) is 2.82. The fourth-order valence-corrected chi connectivity index (χ4v) is 3.81. The maximum absolute atomic E-state index is 12.1. The molecule has 0 saturated carbocycles. The topological polar surface area (TPSA) is 143 Å². The summed E-state index contributed by atoms with van der Waals surface area (Å²) in [4.78, 5) is 23.1. The van der Waals surface area contributed by atoms with Gasteiger partial charge in [0.2, 0.25) is 5.88 Å². The number of anilines is 1. The van der Waals surface area contributed by atoms with Crippen LogP contribution in [0, 0.1) is 18.3 Å². The molecule has 1 saturated heterocycles. The van der Waals surface area contributed by atoms with E-state index < -0.39 is 11.4 Å². The average molecular weight is 462 g/mol. The molecule has 2 aromatic rings. The molecule has 0 radical (unpaired) electrons. The fourth-order valence-electron chi connectivity index (χ4n) is 3.81. The van der Waals surface area contributed by atoms with Crippen molar-refractivity contribution >= 4 is 23.2 Å². The molecule has 1 aliphatic heterocycles. The minimum atomic E-state index is -0.692. The van der Waals surface area contributed by atoms with Gasteiger partial charge >= 0.3 is 0 Å². The van der Waals surface area contributed by atoms with E-state index in [1.807, 2.05) is 56.3 Å². The van der Waals surface area contributed by atoms with Crippen molar-refractivity contribution in [2.24, 2.45) is 16.5 Å². The van der Waals surface area contributed by atoms with Gasteiger partial charge in [0.05, 0.1) is 35.9 Å². The summed E-state index contributed by atoms with van der Waals surface area (Å²) in [5.41, 5.74) is 13.0. The highest BCUT2D eigenvalue weighted by molar-refractivity contribution is 6.20. The number of aromatic nitrogens is 1. The zero-order valence-corrected chi connectivity index (χ0v) is 19.6. The van der Waals surface area contributed by atoms with E-state index in [9.17, 15) is 10.1 Å². The Bertz CT molecular complexity index is 1090. The number of benzene rings is 1. The number of nitrogens with zero attached hydrogens (tertiary/aromatic N) is 4. The molecule has 1 aromatic carbocycles. The van der Waals surface area contributed by atoms with Gasteiger partial charge in [0.25, 0.3) is 5.91 Å². The van der Waals surface area contributed by atoms with E-state index in [1.165, 1.54) is 6.20 Å². The van der Waals surface area contributed by atoms with Crippen molar-refractivity contribution in [3.63, 3.8) is 0 Å². The number of carbonyl (C=O) groups excluding carboxylic acids is 1. The molecule has 9 nitrogen and oxygen atoms in total. The highest BCUT2D eigenvalue weighted by Gasteiger charge is 2.34. The van der Waals surface area contributed by atoms with Gasteiger partial charge in [-0.15, -0.1) is 0 Å². The highest BCUT2D eigenvalue weighted by Crippen LogP contribution is 2.29. The first kappa shape index (κ1) is 24.6. The molecule has 178 valence electrons. The lowest BCUT2D eigenvalue weighted by atomic mass is 9.84. The lowest BCUT2D eigenvalue weighted by molar-refractivity contribution is -0.114. The minimum Gasteiger partial charge on any atom is -0.478 e. The molecule has 1 amide bonds. The summed E-state index contributed by atoms with van der Waals surface area (Å²) in [5.74, 6) is 0.747. The number of ether oxygens (including phenoxy) is 1. The number of hydrogen-bond donors (Lipinski definition) is 3. The van der Waals surface area contributed by atoms with Crippen molar-refractivity contribution in [3.8, 4) is 11.9 Å². The van der Waals surface area contributed by atoms with E-state index in [0.29, 0.717) is 44.1 Å². The zero-order valence-electron chi connectivity index (χ0n) is 19.6. The molecule has 1 fully saturated rings. The Hall–Kier alpha value is -4.06. The number of aliphatic imine (C=N–C) groups is 1. The van der Waals surface area contributed by atoms with Crippen molar-refractivity contribution < 1.29 is 9.53 Å². The number of nitriles is 1. The normalized spacial score (nSPS) is 16.0. The SMILES string of the molecule is CCOc1cccc(N2CCC(CC#N)(N/C=C(/C(N)=O)C(N)=Nc3ccc(C)cc3)CC2)n1. The number of aryl methyl sites for hydroxylation is 1. The van der Waals surface area contributed by atoms with Crippen LogP contribution in [0.25, 0.3) is 0 Å². The number of amidine groups is 1. The smallest absolute Gasteiger partial charge is 0.253 e. The predicted molar refractivity (Wildman–Crippen MR) is 133 cm³/mol. The summed E-state index contributed by atoms with van der Waals surface area (Å²) in [6.45, 7) is 5.81. The standard InChI is InChI=1S/C25H31N7O2/c1-3-34-22-6-4-5-21(31-22)32-15-12-25(11-14-26,13-16-32)29-17-20(24(28)33)23(27)30-19-9-7-18(2)8-10-19/h4-10,17,29H,3,11-13,15-16H2,1-2H3,(H2,27,30)(H2,28,33)/b20-17+. The Morgan fingerprint density at radius 3 is 2.59 bits per heavy atom. The van der Waals surface area contributed by atoms with E-state index in [2.05, 4.69) is 26.3 Å². The van der Waals surface area contributed by atoms with Crippen LogP contribution in [0.5, 0.6) is 5.88 Å². The number of carbonyl (C=O) groups is 1. The Balaban J connectivity index is 1.75. The van der Waals surface area contributed by atoms with Crippen LogP contribution < -0.4 is 26.4 Å². The molecule has 5 N–H and O–H groups in total. The maximum Gasteiger partial charge on any atom is 0.253 e. The molecule has 1 aliphatic rings. The van der Waals surface area contributed by atoms with E-state index in [0.717, 1.165) is 11.4 Å². The predicted octanol–water partition coefficient (Wildman–Crippen LogP) is 2.69. The number of primary amides is 1. The number of nitrogens with two attached hydrogens (primary N) is 2. The van der Waals surface area contributed by atoms with Crippen LogP contribution in [0.15, 0.2) is 59.2 Å². The largest absolute Gasteiger partial charge is 0.478 e. The second kappa shape index (κ2) is 11.2. The third kappa shape index (κ3) is 6.25. The summed E-state index contributed by atoms with van der Waals surface area (Å²) < 4.78 is 5.51. The van der Waals surface area contributed by atoms with Crippen molar-refractivity contribution in [2.45, 2.75) is 38.6 Å². The third-order valence-electron chi connectivity index (χ3n) is 5.81.